The lowest BCUT2D eigenvalue weighted by atomic mass is 10.0. The summed E-state index contributed by atoms with van der Waals surface area (Å²) >= 11 is 0. The molecule has 1 aromatic heterocycles. The van der Waals surface area contributed by atoms with Crippen molar-refractivity contribution in [1.29, 1.82) is 0 Å². The molecule has 0 atom stereocenters. The summed E-state index contributed by atoms with van der Waals surface area (Å²) in [5.41, 5.74) is 6.71. The van der Waals surface area contributed by atoms with Crippen LogP contribution in [0.4, 0.5) is 0 Å². The number of nitrogens with zero attached hydrogens (tertiary/aromatic N) is 3. The molecule has 152 valence electrons. The van der Waals surface area contributed by atoms with Crippen molar-refractivity contribution in [2.45, 2.75) is 40.3 Å². The van der Waals surface area contributed by atoms with Gasteiger partial charge in [0.05, 0.1) is 18.8 Å². The summed E-state index contributed by atoms with van der Waals surface area (Å²) in [5.74, 6) is -0.803. The molecular weight excluding hydrogens is 362 g/mol. The molecule has 29 heavy (non-hydrogen) atoms. The Morgan fingerprint density at radius 1 is 1.10 bits per heavy atom. The molecule has 0 fully saturated rings. The monoisotopic (exact) mass is 391 g/mol. The molecule has 5 heteroatoms. The van der Waals surface area contributed by atoms with Crippen LogP contribution in [0.1, 0.15) is 35.6 Å². The number of aromatic nitrogens is 2. The third kappa shape index (κ3) is 5.55. The molecule has 1 N–H and O–H groups in total. The Morgan fingerprint density at radius 3 is 2.52 bits per heavy atom. The maximum absolute atomic E-state index is 11.3. The van der Waals surface area contributed by atoms with E-state index in [0.717, 1.165) is 29.8 Å². The number of benzene rings is 2. The second-order valence-electron chi connectivity index (χ2n) is 7.59. The minimum Gasteiger partial charge on any atom is -0.480 e. The first-order valence-corrected chi connectivity index (χ1v) is 10.1. The maximum Gasteiger partial charge on any atom is 0.317 e. The molecule has 0 amide bonds. The minimum absolute atomic E-state index is 0.0318. The van der Waals surface area contributed by atoms with Crippen LogP contribution in [0.15, 0.2) is 54.7 Å². The fraction of sp³-hybridized carbons (Fsp3) is 0.333. The number of carbonyl (C=O) groups is 1. The van der Waals surface area contributed by atoms with E-state index in [9.17, 15) is 9.90 Å². The quantitative estimate of drug-likeness (QED) is 0.583. The van der Waals surface area contributed by atoms with E-state index in [0.29, 0.717) is 13.1 Å². The average Bonchev–Trinajstić information content (AvgIpc) is 3.06. The van der Waals surface area contributed by atoms with Gasteiger partial charge in [0, 0.05) is 23.9 Å². The van der Waals surface area contributed by atoms with Gasteiger partial charge in [0.25, 0.3) is 0 Å². The predicted molar refractivity (Wildman–Crippen MR) is 116 cm³/mol. The molecule has 0 aliphatic heterocycles. The van der Waals surface area contributed by atoms with E-state index in [4.69, 9.17) is 5.10 Å². The van der Waals surface area contributed by atoms with Crippen molar-refractivity contribution >= 4 is 5.97 Å². The molecule has 0 unspecified atom stereocenters. The molecule has 0 aliphatic rings. The van der Waals surface area contributed by atoms with E-state index in [1.54, 1.807) is 0 Å². The molecule has 0 saturated carbocycles. The van der Waals surface area contributed by atoms with Crippen molar-refractivity contribution in [2.75, 3.05) is 13.1 Å². The molecule has 3 rings (SSSR count). The number of carboxylic acid groups (broad SMARTS) is 1. The van der Waals surface area contributed by atoms with Gasteiger partial charge < -0.3 is 5.11 Å². The summed E-state index contributed by atoms with van der Waals surface area (Å²) in [6.45, 7) is 8.30. The highest BCUT2D eigenvalue weighted by molar-refractivity contribution is 5.69. The van der Waals surface area contributed by atoms with Crippen LogP contribution in [0.25, 0.3) is 11.3 Å². The molecule has 0 bridgehead atoms. The highest BCUT2D eigenvalue weighted by Crippen LogP contribution is 2.26. The van der Waals surface area contributed by atoms with Crippen molar-refractivity contribution in [2.24, 2.45) is 0 Å². The minimum atomic E-state index is -0.803. The Hall–Kier alpha value is -2.92. The zero-order valence-electron chi connectivity index (χ0n) is 17.4. The molecule has 2 aromatic carbocycles. The Kier molecular flexibility index (Phi) is 6.83. The van der Waals surface area contributed by atoms with Crippen molar-refractivity contribution in [3.8, 4) is 11.3 Å². The summed E-state index contributed by atoms with van der Waals surface area (Å²) in [5, 5.41) is 14.2. The van der Waals surface area contributed by atoms with Gasteiger partial charge in [0.1, 0.15) is 0 Å². The fourth-order valence-electron chi connectivity index (χ4n) is 3.52. The van der Waals surface area contributed by atoms with Crippen LogP contribution >= 0.6 is 0 Å². The van der Waals surface area contributed by atoms with E-state index >= 15 is 0 Å². The van der Waals surface area contributed by atoms with Gasteiger partial charge in [-0.1, -0.05) is 49.4 Å². The Bertz CT molecular complexity index is 964. The summed E-state index contributed by atoms with van der Waals surface area (Å²) in [6, 6.07) is 16.6. The lowest BCUT2D eigenvalue weighted by molar-refractivity contribution is -0.138. The zero-order valence-corrected chi connectivity index (χ0v) is 17.4. The molecule has 0 spiro atoms. The second-order valence-corrected chi connectivity index (χ2v) is 7.59. The number of rotatable bonds is 9. The Morgan fingerprint density at radius 2 is 1.86 bits per heavy atom. The topological polar surface area (TPSA) is 58.4 Å². The summed E-state index contributed by atoms with van der Waals surface area (Å²) < 4.78 is 1.96. The second kappa shape index (κ2) is 9.52. The van der Waals surface area contributed by atoms with Gasteiger partial charge in [-0.2, -0.15) is 5.10 Å². The Labute approximate surface area is 172 Å². The highest BCUT2D eigenvalue weighted by atomic mass is 16.4. The summed E-state index contributed by atoms with van der Waals surface area (Å²) in [7, 11) is 0. The van der Waals surface area contributed by atoms with E-state index in [1.165, 1.54) is 16.7 Å². The van der Waals surface area contributed by atoms with Crippen molar-refractivity contribution in [1.82, 2.24) is 14.7 Å². The van der Waals surface area contributed by atoms with Gasteiger partial charge in [0.15, 0.2) is 0 Å². The maximum atomic E-state index is 11.3. The standard InChI is InChI=1S/C24H29N3O2/c1-4-12-26(17-23(28)29)15-22-16-27(14-20-8-6-5-7-9-20)25-24(22)21-11-10-18(2)19(3)13-21/h5-11,13,16H,4,12,14-15,17H2,1-3H3,(H,28,29). The smallest absolute Gasteiger partial charge is 0.317 e. The predicted octanol–water partition coefficient (Wildman–Crippen LogP) is 4.51. The Balaban J connectivity index is 1.96. The van der Waals surface area contributed by atoms with Gasteiger partial charge in [-0.15, -0.1) is 0 Å². The summed E-state index contributed by atoms with van der Waals surface area (Å²) in [4.78, 5) is 13.3. The molecule has 1 heterocycles. The van der Waals surface area contributed by atoms with Gasteiger partial charge in [-0.25, -0.2) is 0 Å². The third-order valence-electron chi connectivity index (χ3n) is 5.10. The van der Waals surface area contributed by atoms with Crippen LogP contribution < -0.4 is 0 Å². The van der Waals surface area contributed by atoms with Crippen molar-refractivity contribution < 1.29 is 9.90 Å². The van der Waals surface area contributed by atoms with Crippen LogP contribution in [0.2, 0.25) is 0 Å². The van der Waals surface area contributed by atoms with Gasteiger partial charge in [-0.3, -0.25) is 14.4 Å². The molecule has 0 radical (unpaired) electrons. The van der Waals surface area contributed by atoms with Crippen molar-refractivity contribution in [3.05, 3.63) is 77.0 Å². The lowest BCUT2D eigenvalue weighted by Crippen LogP contribution is -2.30. The molecule has 5 nitrogen and oxygen atoms in total. The average molecular weight is 392 g/mol. The highest BCUT2D eigenvalue weighted by Gasteiger charge is 2.17. The third-order valence-corrected chi connectivity index (χ3v) is 5.10. The molecule has 0 saturated heterocycles. The van der Waals surface area contributed by atoms with Crippen LogP contribution in [-0.4, -0.2) is 38.8 Å². The largest absolute Gasteiger partial charge is 0.480 e. The lowest BCUT2D eigenvalue weighted by Gasteiger charge is -2.19. The van der Waals surface area contributed by atoms with Crippen molar-refractivity contribution in [3.63, 3.8) is 0 Å². The number of hydrogen-bond donors (Lipinski definition) is 1. The molecule has 3 aromatic rings. The molecular formula is C24H29N3O2. The normalized spacial score (nSPS) is 11.2. The summed E-state index contributed by atoms with van der Waals surface area (Å²) in [6.07, 6.45) is 2.96. The van der Waals surface area contributed by atoms with Crippen LogP contribution in [0.3, 0.4) is 0 Å². The number of hydrogen-bond acceptors (Lipinski definition) is 3. The number of aryl methyl sites for hydroxylation is 2. The number of carboxylic acids is 1. The van der Waals surface area contributed by atoms with Gasteiger partial charge >= 0.3 is 5.97 Å². The van der Waals surface area contributed by atoms with Crippen LogP contribution in [0, 0.1) is 13.8 Å². The van der Waals surface area contributed by atoms with Crippen LogP contribution in [0.5, 0.6) is 0 Å². The first kappa shape index (κ1) is 20.8. The number of aliphatic carboxylic acids is 1. The van der Waals surface area contributed by atoms with E-state index in [2.05, 4.69) is 57.3 Å². The van der Waals surface area contributed by atoms with E-state index in [1.807, 2.05) is 27.8 Å². The first-order chi connectivity index (χ1) is 14.0. The van der Waals surface area contributed by atoms with Crippen LogP contribution in [-0.2, 0) is 17.9 Å². The molecule has 0 aliphatic carbocycles. The SMILES string of the molecule is CCCN(CC(=O)O)Cc1cn(Cc2ccccc2)nc1-c1ccc(C)c(C)c1. The zero-order chi connectivity index (χ0) is 20.8. The first-order valence-electron chi connectivity index (χ1n) is 10.1. The van der Waals surface area contributed by atoms with E-state index < -0.39 is 5.97 Å². The van der Waals surface area contributed by atoms with E-state index in [-0.39, 0.29) is 6.54 Å². The fourth-order valence-corrected chi connectivity index (χ4v) is 3.52. The van der Waals surface area contributed by atoms with Gasteiger partial charge in [0.2, 0.25) is 0 Å². The van der Waals surface area contributed by atoms with Gasteiger partial charge in [-0.05, 0) is 49.6 Å².